The fourth-order valence-electron chi connectivity index (χ4n) is 2.81. The van der Waals surface area contributed by atoms with E-state index < -0.39 is 5.54 Å². The standard InChI is InChI=1S/C19H22N4O2/c1-11-12(2)20-15-10-8-7-9-14(15)16(11)17(24)23(6)19(4,5)18-22-21-13(3)25-18/h7-10H,1-6H3. The largest absolute Gasteiger partial charge is 0.423 e. The first-order chi connectivity index (χ1) is 11.7. The number of para-hydroxylation sites is 1. The summed E-state index contributed by atoms with van der Waals surface area (Å²) in [5, 5.41) is 8.83. The monoisotopic (exact) mass is 338 g/mol. The van der Waals surface area contributed by atoms with Crippen molar-refractivity contribution in [2.45, 2.75) is 40.2 Å². The summed E-state index contributed by atoms with van der Waals surface area (Å²) in [5.41, 5.74) is 2.47. The van der Waals surface area contributed by atoms with Crippen LogP contribution in [-0.2, 0) is 5.54 Å². The Morgan fingerprint density at radius 1 is 1.12 bits per heavy atom. The van der Waals surface area contributed by atoms with Crippen molar-refractivity contribution < 1.29 is 9.21 Å². The summed E-state index contributed by atoms with van der Waals surface area (Å²) in [6, 6.07) is 7.69. The number of hydrogen-bond donors (Lipinski definition) is 0. The van der Waals surface area contributed by atoms with Gasteiger partial charge >= 0.3 is 0 Å². The topological polar surface area (TPSA) is 72.1 Å². The lowest BCUT2D eigenvalue weighted by atomic mass is 9.97. The van der Waals surface area contributed by atoms with Crippen molar-refractivity contribution >= 4 is 16.8 Å². The third-order valence-corrected chi connectivity index (χ3v) is 4.79. The molecule has 0 aliphatic carbocycles. The van der Waals surface area contributed by atoms with Crippen LogP contribution in [0.1, 0.15) is 47.2 Å². The molecule has 2 heterocycles. The molecule has 25 heavy (non-hydrogen) atoms. The first-order valence-electron chi connectivity index (χ1n) is 8.18. The van der Waals surface area contributed by atoms with Gasteiger partial charge in [-0.15, -0.1) is 10.2 Å². The third-order valence-electron chi connectivity index (χ3n) is 4.79. The smallest absolute Gasteiger partial charge is 0.255 e. The lowest BCUT2D eigenvalue weighted by Crippen LogP contribution is -2.43. The number of carbonyl (C=O) groups excluding carboxylic acids is 1. The van der Waals surface area contributed by atoms with E-state index in [2.05, 4.69) is 15.2 Å². The Morgan fingerprint density at radius 2 is 1.80 bits per heavy atom. The molecule has 0 saturated carbocycles. The van der Waals surface area contributed by atoms with Gasteiger partial charge in [-0.25, -0.2) is 0 Å². The number of hydrogen-bond acceptors (Lipinski definition) is 5. The Kier molecular flexibility index (Phi) is 4.06. The predicted octanol–water partition coefficient (Wildman–Crippen LogP) is 3.55. The number of aromatic nitrogens is 3. The number of fused-ring (bicyclic) bond motifs is 1. The van der Waals surface area contributed by atoms with Crippen LogP contribution < -0.4 is 0 Å². The minimum absolute atomic E-state index is 0.0972. The van der Waals surface area contributed by atoms with Crippen molar-refractivity contribution in [3.63, 3.8) is 0 Å². The Bertz CT molecular complexity index is 959. The molecule has 3 rings (SSSR count). The Morgan fingerprint density at radius 3 is 2.44 bits per heavy atom. The van der Waals surface area contributed by atoms with Gasteiger partial charge in [0, 0.05) is 25.1 Å². The van der Waals surface area contributed by atoms with Crippen molar-refractivity contribution in [3.05, 3.63) is 52.9 Å². The fraction of sp³-hybridized carbons (Fsp3) is 0.368. The van der Waals surface area contributed by atoms with Gasteiger partial charge in [0.15, 0.2) is 0 Å². The molecule has 1 aromatic carbocycles. The summed E-state index contributed by atoms with van der Waals surface area (Å²) >= 11 is 0. The Balaban J connectivity index is 2.12. The Labute approximate surface area is 146 Å². The second kappa shape index (κ2) is 5.95. The van der Waals surface area contributed by atoms with Crippen LogP contribution in [0, 0.1) is 20.8 Å². The molecule has 0 saturated heterocycles. The van der Waals surface area contributed by atoms with Crippen LogP contribution in [-0.4, -0.2) is 33.0 Å². The number of pyridine rings is 1. The van der Waals surface area contributed by atoms with E-state index in [1.807, 2.05) is 52.0 Å². The molecule has 0 aliphatic heterocycles. The molecule has 6 heteroatoms. The lowest BCUT2D eigenvalue weighted by molar-refractivity contribution is 0.0566. The van der Waals surface area contributed by atoms with E-state index in [-0.39, 0.29) is 5.91 Å². The van der Waals surface area contributed by atoms with Crippen molar-refractivity contribution in [2.24, 2.45) is 0 Å². The number of nitrogens with zero attached hydrogens (tertiary/aromatic N) is 4. The molecular formula is C19H22N4O2. The summed E-state index contributed by atoms with van der Waals surface area (Å²) in [4.78, 5) is 19.6. The zero-order valence-corrected chi connectivity index (χ0v) is 15.4. The Hall–Kier alpha value is -2.76. The molecule has 0 bridgehead atoms. The van der Waals surface area contributed by atoms with E-state index in [1.165, 1.54) is 0 Å². The maximum absolute atomic E-state index is 13.4. The van der Waals surface area contributed by atoms with Crippen LogP contribution in [0.2, 0.25) is 0 Å². The number of aryl methyl sites for hydroxylation is 2. The van der Waals surface area contributed by atoms with E-state index in [0.717, 1.165) is 22.2 Å². The number of carbonyl (C=O) groups is 1. The molecule has 130 valence electrons. The van der Waals surface area contributed by atoms with Crippen molar-refractivity contribution in [1.82, 2.24) is 20.1 Å². The summed E-state index contributed by atoms with van der Waals surface area (Å²) in [6.45, 7) is 9.37. The highest BCUT2D eigenvalue weighted by Gasteiger charge is 2.36. The van der Waals surface area contributed by atoms with E-state index in [1.54, 1.807) is 18.9 Å². The second-order valence-electron chi connectivity index (χ2n) is 6.76. The fourth-order valence-corrected chi connectivity index (χ4v) is 2.81. The SMILES string of the molecule is Cc1nnc(C(C)(C)N(C)C(=O)c2c(C)c(C)nc3ccccc23)o1. The van der Waals surface area contributed by atoms with Crippen LogP contribution in [0.3, 0.4) is 0 Å². The van der Waals surface area contributed by atoms with Crippen LogP contribution in [0.5, 0.6) is 0 Å². The molecule has 0 fully saturated rings. The number of benzene rings is 1. The normalized spacial score (nSPS) is 11.8. The van der Waals surface area contributed by atoms with Crippen molar-refractivity contribution in [2.75, 3.05) is 7.05 Å². The maximum atomic E-state index is 13.4. The third kappa shape index (κ3) is 2.77. The van der Waals surface area contributed by atoms with E-state index >= 15 is 0 Å². The highest BCUT2D eigenvalue weighted by atomic mass is 16.4. The van der Waals surface area contributed by atoms with Crippen LogP contribution >= 0.6 is 0 Å². The number of amides is 1. The summed E-state index contributed by atoms with van der Waals surface area (Å²) < 4.78 is 5.57. The van der Waals surface area contributed by atoms with Gasteiger partial charge in [-0.05, 0) is 39.3 Å². The molecule has 0 radical (unpaired) electrons. The molecule has 0 unspecified atom stereocenters. The van der Waals surface area contributed by atoms with Crippen molar-refractivity contribution in [3.8, 4) is 0 Å². The van der Waals surface area contributed by atoms with Crippen molar-refractivity contribution in [1.29, 1.82) is 0 Å². The van der Waals surface area contributed by atoms with Gasteiger partial charge < -0.3 is 9.32 Å². The molecule has 3 aromatic rings. The number of rotatable bonds is 3. The molecule has 0 atom stereocenters. The predicted molar refractivity (Wildman–Crippen MR) is 95.4 cm³/mol. The highest BCUT2D eigenvalue weighted by molar-refractivity contribution is 6.07. The molecule has 0 N–H and O–H groups in total. The summed E-state index contributed by atoms with van der Waals surface area (Å²) in [7, 11) is 1.76. The minimum atomic E-state index is -0.733. The molecule has 0 aliphatic rings. The van der Waals surface area contributed by atoms with E-state index in [4.69, 9.17) is 4.42 Å². The van der Waals surface area contributed by atoms with Gasteiger partial charge in [0.2, 0.25) is 11.8 Å². The summed E-state index contributed by atoms with van der Waals surface area (Å²) in [6.07, 6.45) is 0. The van der Waals surface area contributed by atoms with Gasteiger partial charge in [0.05, 0.1) is 11.1 Å². The van der Waals surface area contributed by atoms with E-state index in [0.29, 0.717) is 17.3 Å². The van der Waals surface area contributed by atoms with Gasteiger partial charge in [0.1, 0.15) is 5.54 Å². The minimum Gasteiger partial charge on any atom is -0.423 e. The molecule has 2 aromatic heterocycles. The first-order valence-corrected chi connectivity index (χ1v) is 8.18. The van der Waals surface area contributed by atoms with E-state index in [9.17, 15) is 4.79 Å². The van der Waals surface area contributed by atoms with Crippen LogP contribution in [0.4, 0.5) is 0 Å². The van der Waals surface area contributed by atoms with Gasteiger partial charge in [-0.2, -0.15) is 0 Å². The first kappa shape index (κ1) is 17.1. The van der Waals surface area contributed by atoms with Gasteiger partial charge in [-0.1, -0.05) is 18.2 Å². The average Bonchev–Trinajstić information content (AvgIpc) is 3.02. The van der Waals surface area contributed by atoms with Gasteiger partial charge in [0.25, 0.3) is 5.91 Å². The zero-order valence-electron chi connectivity index (χ0n) is 15.4. The highest BCUT2D eigenvalue weighted by Crippen LogP contribution is 2.30. The molecule has 0 spiro atoms. The lowest BCUT2D eigenvalue weighted by Gasteiger charge is -2.33. The summed E-state index contributed by atoms with van der Waals surface area (Å²) in [5.74, 6) is 0.791. The quantitative estimate of drug-likeness (QED) is 0.730. The van der Waals surface area contributed by atoms with Crippen LogP contribution in [0.15, 0.2) is 28.7 Å². The van der Waals surface area contributed by atoms with Crippen LogP contribution in [0.25, 0.3) is 10.9 Å². The molecule has 6 nitrogen and oxygen atoms in total. The average molecular weight is 338 g/mol. The zero-order chi connectivity index (χ0) is 18.4. The van der Waals surface area contributed by atoms with Gasteiger partial charge in [-0.3, -0.25) is 9.78 Å². The second-order valence-corrected chi connectivity index (χ2v) is 6.76. The maximum Gasteiger partial charge on any atom is 0.255 e. The molecule has 1 amide bonds. The molecular weight excluding hydrogens is 316 g/mol.